The number of benzene rings is 3. The third kappa shape index (κ3) is 3.57. The lowest BCUT2D eigenvalue weighted by molar-refractivity contribution is -0.139. The molecule has 0 saturated carbocycles. The zero-order chi connectivity index (χ0) is 23.2. The normalized spacial score (nSPS) is 11.7. The molecule has 0 atom stereocenters. The second-order valence-electron chi connectivity index (χ2n) is 6.84. The van der Waals surface area contributed by atoms with Gasteiger partial charge >= 0.3 is 12.2 Å². The predicted octanol–water partition coefficient (Wildman–Crippen LogP) is 5.33. The Kier molecular flexibility index (Phi) is 4.96. The van der Waals surface area contributed by atoms with Gasteiger partial charge in [-0.2, -0.15) is 18.3 Å². The smallest absolute Gasteiger partial charge is 0.382 e. The zero-order valence-corrected chi connectivity index (χ0v) is 16.0. The molecule has 0 fully saturated rings. The number of nitrogens with zero attached hydrogens (tertiary/aromatic N) is 2. The monoisotopic (exact) mass is 447 g/mol. The number of carbonyl (C=O) groups is 1. The molecular weight excluding hydrogens is 433 g/mol. The number of nitrogens with two attached hydrogens (primary N) is 2. The quantitative estimate of drug-likeness (QED) is 0.370. The van der Waals surface area contributed by atoms with E-state index in [4.69, 9.17) is 11.5 Å². The predicted molar refractivity (Wildman–Crippen MR) is 109 cm³/mol. The largest absolute Gasteiger partial charge is 0.419 e. The number of anilines is 3. The Balaban J connectivity index is 1.82. The van der Waals surface area contributed by atoms with Crippen molar-refractivity contribution in [3.05, 3.63) is 71.8 Å². The number of alkyl halides is 3. The van der Waals surface area contributed by atoms with Crippen molar-refractivity contribution in [3.8, 4) is 11.1 Å². The Hall–Kier alpha value is -4.15. The van der Waals surface area contributed by atoms with Crippen LogP contribution >= 0.6 is 0 Å². The van der Waals surface area contributed by atoms with Gasteiger partial charge in [0, 0.05) is 0 Å². The number of aromatic amines is 1. The summed E-state index contributed by atoms with van der Waals surface area (Å²) in [7, 11) is 0. The van der Waals surface area contributed by atoms with Crippen LogP contribution in [0.15, 0.2) is 54.6 Å². The number of H-pyrrole nitrogens is 1. The first-order valence-electron chi connectivity index (χ1n) is 9.06. The molecule has 0 unspecified atom stereocenters. The molecule has 1 heterocycles. The van der Waals surface area contributed by atoms with E-state index in [0.717, 1.165) is 12.1 Å². The molecule has 3 aromatic carbocycles. The Labute approximate surface area is 177 Å². The van der Waals surface area contributed by atoms with Gasteiger partial charge < -0.3 is 11.5 Å². The molecule has 0 aliphatic heterocycles. The summed E-state index contributed by atoms with van der Waals surface area (Å²) in [5.41, 5.74) is 10.3. The summed E-state index contributed by atoms with van der Waals surface area (Å²) >= 11 is 0. The zero-order valence-electron chi connectivity index (χ0n) is 16.0. The van der Waals surface area contributed by atoms with Crippen LogP contribution in [0.25, 0.3) is 22.0 Å². The first kappa shape index (κ1) is 21.1. The van der Waals surface area contributed by atoms with E-state index in [0.29, 0.717) is 39.1 Å². The number of fused-ring (bicyclic) bond motifs is 1. The van der Waals surface area contributed by atoms with Crippen LogP contribution in [0.4, 0.5) is 43.9 Å². The minimum absolute atomic E-state index is 0.199. The number of nitrogens with one attached hydrogen (secondary N) is 1. The standard InChI is InChI=1S/C21H14F5N5O/c22-14-6-5-11(9-13(14)21(24,25)26)31(20(28)32)17-7-4-10(8-15(17)23)12-2-1-3-16-18(12)19(27)30-29-16/h1-9H,(H2,28,32)(H3,27,29,30). The maximum absolute atomic E-state index is 15.1. The summed E-state index contributed by atoms with van der Waals surface area (Å²) in [4.78, 5) is 12.5. The van der Waals surface area contributed by atoms with Crippen molar-refractivity contribution >= 4 is 34.1 Å². The van der Waals surface area contributed by atoms with Gasteiger partial charge in [0.25, 0.3) is 0 Å². The molecule has 4 rings (SSSR count). The van der Waals surface area contributed by atoms with Gasteiger partial charge in [0.1, 0.15) is 11.6 Å². The first-order valence-corrected chi connectivity index (χ1v) is 9.06. The molecule has 2 amide bonds. The molecule has 1 aromatic heterocycles. The number of hydrogen-bond donors (Lipinski definition) is 3. The maximum atomic E-state index is 15.1. The number of nitrogen functional groups attached to an aromatic ring is 1. The van der Waals surface area contributed by atoms with E-state index in [9.17, 15) is 22.4 Å². The fraction of sp³-hybridized carbons (Fsp3) is 0.0476. The van der Waals surface area contributed by atoms with E-state index in [-0.39, 0.29) is 5.82 Å². The number of rotatable bonds is 3. The number of halogens is 5. The molecule has 11 heteroatoms. The van der Waals surface area contributed by atoms with Crippen LogP contribution in [-0.4, -0.2) is 16.2 Å². The number of aromatic nitrogens is 2. The van der Waals surface area contributed by atoms with Crippen molar-refractivity contribution in [1.29, 1.82) is 0 Å². The Morgan fingerprint density at radius 3 is 2.41 bits per heavy atom. The Morgan fingerprint density at radius 1 is 1.00 bits per heavy atom. The first-order chi connectivity index (χ1) is 15.1. The van der Waals surface area contributed by atoms with Crippen LogP contribution in [0.1, 0.15) is 5.56 Å². The number of urea groups is 1. The summed E-state index contributed by atoms with van der Waals surface area (Å²) in [5, 5.41) is 7.21. The SMILES string of the molecule is NC(=O)N(c1ccc(F)c(C(F)(F)F)c1)c1ccc(-c2cccc3[nH]nc(N)c23)cc1F. The molecule has 32 heavy (non-hydrogen) atoms. The van der Waals surface area contributed by atoms with Crippen LogP contribution in [0.5, 0.6) is 0 Å². The van der Waals surface area contributed by atoms with Gasteiger partial charge in [0.2, 0.25) is 0 Å². The topological polar surface area (TPSA) is 101 Å². The van der Waals surface area contributed by atoms with Crippen LogP contribution in [0.3, 0.4) is 0 Å². The lowest BCUT2D eigenvalue weighted by Crippen LogP contribution is -2.32. The molecule has 5 N–H and O–H groups in total. The molecule has 0 saturated heterocycles. The van der Waals surface area contributed by atoms with Gasteiger partial charge in [-0.05, 0) is 47.5 Å². The highest BCUT2D eigenvalue weighted by Crippen LogP contribution is 2.38. The minimum atomic E-state index is -5.02. The van der Waals surface area contributed by atoms with E-state index in [2.05, 4.69) is 10.2 Å². The summed E-state index contributed by atoms with van der Waals surface area (Å²) < 4.78 is 68.0. The van der Waals surface area contributed by atoms with Crippen molar-refractivity contribution in [2.24, 2.45) is 5.73 Å². The third-order valence-electron chi connectivity index (χ3n) is 4.85. The van der Waals surface area contributed by atoms with Gasteiger partial charge in [0.15, 0.2) is 5.82 Å². The lowest BCUT2D eigenvalue weighted by Gasteiger charge is -2.23. The van der Waals surface area contributed by atoms with E-state index in [1.807, 2.05) is 0 Å². The molecule has 0 bridgehead atoms. The fourth-order valence-electron chi connectivity index (χ4n) is 3.45. The third-order valence-corrected chi connectivity index (χ3v) is 4.85. The van der Waals surface area contributed by atoms with E-state index < -0.39 is 40.8 Å². The summed E-state index contributed by atoms with van der Waals surface area (Å²) in [5.74, 6) is -2.28. The molecule has 164 valence electrons. The second-order valence-corrected chi connectivity index (χ2v) is 6.84. The maximum Gasteiger partial charge on any atom is 0.419 e. The van der Waals surface area contributed by atoms with Gasteiger partial charge in [-0.15, -0.1) is 0 Å². The molecule has 0 radical (unpaired) electrons. The van der Waals surface area contributed by atoms with Crippen LogP contribution in [0, 0.1) is 11.6 Å². The van der Waals surface area contributed by atoms with Crippen LogP contribution < -0.4 is 16.4 Å². The fourth-order valence-corrected chi connectivity index (χ4v) is 3.45. The van der Waals surface area contributed by atoms with Crippen LogP contribution in [0.2, 0.25) is 0 Å². The summed E-state index contributed by atoms with van der Waals surface area (Å²) in [6.07, 6.45) is -5.02. The van der Waals surface area contributed by atoms with Crippen molar-refractivity contribution in [2.45, 2.75) is 6.18 Å². The van der Waals surface area contributed by atoms with Crippen molar-refractivity contribution in [3.63, 3.8) is 0 Å². The van der Waals surface area contributed by atoms with Crippen LogP contribution in [-0.2, 0) is 6.18 Å². The Bertz CT molecular complexity index is 1350. The highest BCUT2D eigenvalue weighted by molar-refractivity contribution is 6.02. The highest BCUT2D eigenvalue weighted by atomic mass is 19.4. The number of amides is 2. The average Bonchev–Trinajstić information content (AvgIpc) is 3.10. The Morgan fingerprint density at radius 2 is 1.75 bits per heavy atom. The van der Waals surface area contributed by atoms with Crippen molar-refractivity contribution in [2.75, 3.05) is 10.6 Å². The van der Waals surface area contributed by atoms with E-state index in [1.54, 1.807) is 18.2 Å². The lowest BCUT2D eigenvalue weighted by atomic mass is 10.0. The summed E-state index contributed by atoms with van der Waals surface area (Å²) in [6, 6.07) is 9.40. The van der Waals surface area contributed by atoms with Gasteiger partial charge in [-0.25, -0.2) is 13.6 Å². The van der Waals surface area contributed by atoms with E-state index in [1.165, 1.54) is 12.1 Å². The molecule has 0 aliphatic rings. The van der Waals surface area contributed by atoms with Gasteiger partial charge in [0.05, 0.1) is 27.8 Å². The van der Waals surface area contributed by atoms with Crippen molar-refractivity contribution < 1.29 is 26.7 Å². The van der Waals surface area contributed by atoms with Gasteiger partial charge in [-0.3, -0.25) is 10.00 Å². The summed E-state index contributed by atoms with van der Waals surface area (Å²) in [6.45, 7) is 0. The minimum Gasteiger partial charge on any atom is -0.382 e. The van der Waals surface area contributed by atoms with Gasteiger partial charge in [-0.1, -0.05) is 18.2 Å². The molecule has 0 spiro atoms. The average molecular weight is 447 g/mol. The molecular formula is C21H14F5N5O. The molecule has 0 aliphatic carbocycles. The molecule has 4 aromatic rings. The van der Waals surface area contributed by atoms with Crippen molar-refractivity contribution in [1.82, 2.24) is 10.2 Å². The highest BCUT2D eigenvalue weighted by Gasteiger charge is 2.35. The molecule has 6 nitrogen and oxygen atoms in total. The number of primary amides is 1. The second kappa shape index (κ2) is 7.52. The number of carbonyl (C=O) groups excluding carboxylic acids is 1. The van der Waals surface area contributed by atoms with E-state index >= 15 is 4.39 Å². The number of hydrogen-bond acceptors (Lipinski definition) is 3.